The molecule has 3 aromatic rings. The van der Waals surface area contributed by atoms with E-state index in [0.717, 1.165) is 42.0 Å². The Balaban J connectivity index is 0.00000211. The number of nitrogens with zero attached hydrogens (tertiary/aromatic N) is 1. The van der Waals surface area contributed by atoms with Gasteiger partial charge in [0.05, 0.1) is 23.9 Å². The van der Waals surface area contributed by atoms with Crippen LogP contribution in [0.3, 0.4) is 0 Å². The Morgan fingerprint density at radius 2 is 1.76 bits per heavy atom. The molecule has 0 heterocycles. The summed E-state index contributed by atoms with van der Waals surface area (Å²) < 4.78 is 5.44. The zero-order valence-electron chi connectivity index (χ0n) is 26.2. The lowest BCUT2D eigenvalue weighted by molar-refractivity contribution is -0.147. The van der Waals surface area contributed by atoms with Gasteiger partial charge >= 0.3 is 5.97 Å². The number of carboxylic acid groups (broad SMARTS) is 1. The molecule has 0 aliphatic heterocycles. The maximum absolute atomic E-state index is 12.9. The SMILES string of the molecule is CCOC(=O)C(C)C(c1ccc(C)c(CNCCN(C)c2ccccc2C)c1)c1ccc(NC)c(N)c1C.N.O=CO. The Hall–Kier alpha value is -4.08. The first-order valence-corrected chi connectivity index (χ1v) is 14.0. The van der Waals surface area contributed by atoms with Crippen molar-refractivity contribution in [3.63, 3.8) is 0 Å². The zero-order valence-corrected chi connectivity index (χ0v) is 26.2. The third kappa shape index (κ3) is 9.22. The van der Waals surface area contributed by atoms with Crippen LogP contribution in [-0.4, -0.2) is 51.3 Å². The molecular weight excluding hydrogens is 530 g/mol. The van der Waals surface area contributed by atoms with Crippen molar-refractivity contribution in [2.45, 2.75) is 47.1 Å². The van der Waals surface area contributed by atoms with E-state index >= 15 is 0 Å². The van der Waals surface area contributed by atoms with Crippen molar-refractivity contribution in [1.82, 2.24) is 11.5 Å². The summed E-state index contributed by atoms with van der Waals surface area (Å²) in [5.41, 5.74) is 16.1. The van der Waals surface area contributed by atoms with E-state index < -0.39 is 0 Å². The van der Waals surface area contributed by atoms with Crippen molar-refractivity contribution >= 4 is 29.5 Å². The number of nitrogens with two attached hydrogens (primary N) is 1. The maximum Gasteiger partial charge on any atom is 0.309 e. The third-order valence-corrected chi connectivity index (χ3v) is 7.52. The van der Waals surface area contributed by atoms with Gasteiger partial charge in [0.15, 0.2) is 0 Å². The number of hydrogen-bond acceptors (Lipinski definition) is 8. The van der Waals surface area contributed by atoms with Crippen LogP contribution in [0.1, 0.15) is 53.1 Å². The molecule has 0 aliphatic carbocycles. The Morgan fingerprint density at radius 3 is 2.38 bits per heavy atom. The highest BCUT2D eigenvalue weighted by molar-refractivity contribution is 5.76. The van der Waals surface area contributed by atoms with Gasteiger partial charge in [0.25, 0.3) is 6.47 Å². The lowest BCUT2D eigenvalue weighted by Gasteiger charge is -2.27. The number of anilines is 3. The standard InChI is InChI=1S/C32H44N4O2.CH2O2.H3N/c1-8-38-32(37)24(5)30(27-15-16-28(34-6)31(33)23(27)4)25-14-13-21(2)26(19-25)20-35-17-18-36(7)29-12-10-9-11-22(29)3;2-1-3;/h9-16,19,24,30,34-35H,8,17-18,20,33H2,1-7H3;1H,(H,2,3);1H3. The molecule has 0 saturated heterocycles. The van der Waals surface area contributed by atoms with Crippen LogP contribution in [-0.2, 0) is 20.9 Å². The number of esters is 1. The number of hydrogen-bond donors (Lipinski definition) is 5. The Morgan fingerprint density at radius 1 is 1.10 bits per heavy atom. The second kappa shape index (κ2) is 17.7. The summed E-state index contributed by atoms with van der Waals surface area (Å²) in [7, 11) is 3.99. The van der Waals surface area contributed by atoms with Crippen LogP contribution in [0.2, 0.25) is 0 Å². The fraction of sp³-hybridized carbons (Fsp3) is 0.394. The fourth-order valence-corrected chi connectivity index (χ4v) is 5.10. The number of rotatable bonds is 12. The molecule has 0 spiro atoms. The van der Waals surface area contributed by atoms with E-state index in [2.05, 4.69) is 85.0 Å². The summed E-state index contributed by atoms with van der Waals surface area (Å²) >= 11 is 0. The number of nitrogens with one attached hydrogen (secondary N) is 2. The van der Waals surface area contributed by atoms with Crippen LogP contribution in [0.25, 0.3) is 0 Å². The van der Waals surface area contributed by atoms with Crippen molar-refractivity contribution < 1.29 is 19.4 Å². The molecular formula is C33H49N5O4. The maximum atomic E-state index is 12.9. The average molecular weight is 580 g/mol. The van der Waals surface area contributed by atoms with Gasteiger partial charge in [-0.3, -0.25) is 9.59 Å². The normalized spacial score (nSPS) is 11.7. The number of benzene rings is 3. The number of carbonyl (C=O) groups is 2. The molecule has 0 saturated carbocycles. The van der Waals surface area contributed by atoms with Gasteiger partial charge in [0.2, 0.25) is 0 Å². The summed E-state index contributed by atoms with van der Waals surface area (Å²) in [6, 6.07) is 19.0. The van der Waals surface area contributed by atoms with Gasteiger partial charge in [-0.15, -0.1) is 0 Å². The number of para-hydroxylation sites is 1. The molecule has 0 aromatic heterocycles. The summed E-state index contributed by atoms with van der Waals surface area (Å²) in [5.74, 6) is -0.735. The van der Waals surface area contributed by atoms with E-state index in [1.165, 1.54) is 22.4 Å². The molecule has 8 N–H and O–H groups in total. The van der Waals surface area contributed by atoms with Crippen molar-refractivity contribution in [2.75, 3.05) is 49.7 Å². The molecule has 0 radical (unpaired) electrons. The average Bonchev–Trinajstić information content (AvgIpc) is 2.95. The smallest absolute Gasteiger partial charge is 0.309 e. The molecule has 9 heteroatoms. The monoisotopic (exact) mass is 579 g/mol. The first kappa shape index (κ1) is 35.9. The predicted molar refractivity (Wildman–Crippen MR) is 174 cm³/mol. The van der Waals surface area contributed by atoms with E-state index in [4.69, 9.17) is 20.4 Å². The lowest BCUT2D eigenvalue weighted by Crippen LogP contribution is -2.29. The van der Waals surface area contributed by atoms with E-state index in [1.54, 1.807) is 0 Å². The first-order chi connectivity index (χ1) is 19.6. The van der Waals surface area contributed by atoms with E-state index in [0.29, 0.717) is 12.3 Å². The Kier molecular flexibility index (Phi) is 15.1. The minimum atomic E-state index is -0.361. The third-order valence-electron chi connectivity index (χ3n) is 7.52. The minimum Gasteiger partial charge on any atom is -0.483 e. The molecule has 3 aromatic carbocycles. The van der Waals surface area contributed by atoms with Gasteiger partial charge in [-0.2, -0.15) is 0 Å². The zero-order chi connectivity index (χ0) is 30.5. The van der Waals surface area contributed by atoms with Crippen LogP contribution in [0, 0.1) is 26.7 Å². The van der Waals surface area contributed by atoms with Crippen LogP contribution in [0.15, 0.2) is 54.6 Å². The van der Waals surface area contributed by atoms with Crippen molar-refractivity contribution in [1.29, 1.82) is 0 Å². The van der Waals surface area contributed by atoms with Crippen molar-refractivity contribution in [3.8, 4) is 0 Å². The highest BCUT2D eigenvalue weighted by Crippen LogP contribution is 2.39. The largest absolute Gasteiger partial charge is 0.483 e. The molecule has 0 fully saturated rings. The molecule has 230 valence electrons. The van der Waals surface area contributed by atoms with E-state index in [-0.39, 0.29) is 30.4 Å². The number of aryl methyl sites for hydroxylation is 2. The highest BCUT2D eigenvalue weighted by atomic mass is 16.5. The molecule has 9 nitrogen and oxygen atoms in total. The molecule has 0 bridgehead atoms. The second-order valence-electron chi connectivity index (χ2n) is 10.2. The number of likely N-dealkylation sites (N-methyl/N-ethyl adjacent to an activating group) is 1. The molecule has 3 rings (SSSR count). The molecule has 0 aliphatic rings. The quantitative estimate of drug-likeness (QED) is 0.0792. The van der Waals surface area contributed by atoms with Crippen LogP contribution in [0.4, 0.5) is 17.1 Å². The summed E-state index contributed by atoms with van der Waals surface area (Å²) in [6.07, 6.45) is 0. The summed E-state index contributed by atoms with van der Waals surface area (Å²) in [5, 5.41) is 13.7. The van der Waals surface area contributed by atoms with E-state index in [9.17, 15) is 4.79 Å². The van der Waals surface area contributed by atoms with Crippen molar-refractivity contribution in [2.24, 2.45) is 5.92 Å². The van der Waals surface area contributed by atoms with Crippen molar-refractivity contribution in [3.05, 3.63) is 88.0 Å². The van der Waals surface area contributed by atoms with Gasteiger partial charge in [-0.1, -0.05) is 49.4 Å². The summed E-state index contributed by atoms with van der Waals surface area (Å²) in [6.45, 7) is 12.7. The summed E-state index contributed by atoms with van der Waals surface area (Å²) in [4.78, 5) is 23.6. The predicted octanol–water partition coefficient (Wildman–Crippen LogP) is 5.66. The Bertz CT molecular complexity index is 1300. The molecule has 0 amide bonds. The van der Waals surface area contributed by atoms with Crippen LogP contribution < -0.4 is 27.4 Å². The van der Waals surface area contributed by atoms with Gasteiger partial charge in [-0.05, 0) is 73.2 Å². The second-order valence-corrected chi connectivity index (χ2v) is 10.2. The van der Waals surface area contributed by atoms with Crippen LogP contribution >= 0.6 is 0 Å². The first-order valence-electron chi connectivity index (χ1n) is 14.0. The fourth-order valence-electron chi connectivity index (χ4n) is 5.10. The number of carbonyl (C=O) groups excluding carboxylic acids is 1. The molecule has 2 atom stereocenters. The van der Waals surface area contributed by atoms with Gasteiger partial charge < -0.3 is 37.3 Å². The Labute approximate surface area is 251 Å². The minimum absolute atomic E-state index is 0. The number of nitrogen functional groups attached to an aromatic ring is 1. The number of ether oxygens (including phenoxy) is 1. The topological polar surface area (TPSA) is 152 Å². The van der Waals surface area contributed by atoms with E-state index in [1.807, 2.05) is 33.9 Å². The molecule has 2 unspecified atom stereocenters. The van der Waals surface area contributed by atoms with Gasteiger partial charge in [-0.25, -0.2) is 0 Å². The van der Waals surface area contributed by atoms with Gasteiger partial charge in [0, 0.05) is 45.3 Å². The molecule has 42 heavy (non-hydrogen) atoms. The lowest BCUT2D eigenvalue weighted by atomic mass is 9.78. The highest BCUT2D eigenvalue weighted by Gasteiger charge is 2.30. The van der Waals surface area contributed by atoms with Crippen LogP contribution in [0.5, 0.6) is 0 Å². The van der Waals surface area contributed by atoms with Gasteiger partial charge in [0.1, 0.15) is 0 Å².